The van der Waals surface area contributed by atoms with Crippen molar-refractivity contribution in [3.8, 4) is 51.2 Å². The van der Waals surface area contributed by atoms with Crippen molar-refractivity contribution in [3.63, 3.8) is 0 Å². The highest BCUT2D eigenvalue weighted by Gasteiger charge is 2.31. The Balaban J connectivity index is 1.67. The van der Waals surface area contributed by atoms with E-state index in [1.165, 1.54) is 24.3 Å². The van der Waals surface area contributed by atoms with Crippen molar-refractivity contribution in [1.82, 2.24) is 14.8 Å². The molecule has 0 aliphatic rings. The zero-order valence-corrected chi connectivity index (χ0v) is 23.4. The standard InChI is InChI=1S/C32H26F3N5O3/c1-19-38-28(20-7-10-25(11-8-20)43-32(33,34)35)29(42-19)26-18-22(9-12-27(26)40-16-14-24(39-40)13-15-36)21-5-4-6-23(17-21)31(2,3)30(37)41/h4-12,14,16-18H,13H2,1-3H3,(H2,37,41). The number of nitriles is 1. The maximum atomic E-state index is 12.7. The molecule has 5 aromatic rings. The highest BCUT2D eigenvalue weighted by molar-refractivity contribution is 5.87. The van der Waals surface area contributed by atoms with Gasteiger partial charge in [-0.25, -0.2) is 9.67 Å². The minimum Gasteiger partial charge on any atom is -0.440 e. The van der Waals surface area contributed by atoms with Crippen LogP contribution in [0.4, 0.5) is 13.2 Å². The predicted molar refractivity (Wildman–Crippen MR) is 153 cm³/mol. The molecule has 0 spiro atoms. The van der Waals surface area contributed by atoms with E-state index in [9.17, 15) is 18.0 Å². The second kappa shape index (κ2) is 11.1. The molecule has 2 N–H and O–H groups in total. The summed E-state index contributed by atoms with van der Waals surface area (Å²) in [4.78, 5) is 16.7. The quantitative estimate of drug-likeness (QED) is 0.212. The van der Waals surface area contributed by atoms with E-state index in [1.54, 1.807) is 37.7 Å². The number of hydrogen-bond acceptors (Lipinski definition) is 6. The Morgan fingerprint density at radius 3 is 2.40 bits per heavy atom. The Hall–Kier alpha value is -5.37. The molecule has 0 radical (unpaired) electrons. The molecule has 43 heavy (non-hydrogen) atoms. The van der Waals surface area contributed by atoms with Crippen LogP contribution in [0.5, 0.6) is 5.75 Å². The first-order valence-electron chi connectivity index (χ1n) is 13.2. The van der Waals surface area contributed by atoms with Crippen molar-refractivity contribution < 1.29 is 27.1 Å². The van der Waals surface area contributed by atoms with E-state index < -0.39 is 17.7 Å². The average Bonchev–Trinajstić information content (AvgIpc) is 3.59. The summed E-state index contributed by atoms with van der Waals surface area (Å²) in [5, 5.41) is 13.7. The van der Waals surface area contributed by atoms with Gasteiger partial charge in [0.15, 0.2) is 11.7 Å². The molecule has 0 atom stereocenters. The van der Waals surface area contributed by atoms with Crippen LogP contribution in [0.15, 0.2) is 83.4 Å². The second-order valence-electron chi connectivity index (χ2n) is 10.4. The number of rotatable bonds is 8. The molecule has 0 unspecified atom stereocenters. The van der Waals surface area contributed by atoms with E-state index in [-0.39, 0.29) is 12.2 Å². The van der Waals surface area contributed by atoms with Gasteiger partial charge < -0.3 is 14.9 Å². The molecule has 0 saturated heterocycles. The highest BCUT2D eigenvalue weighted by Crippen LogP contribution is 2.39. The summed E-state index contributed by atoms with van der Waals surface area (Å²) in [6.07, 6.45) is -2.96. The predicted octanol–water partition coefficient (Wildman–Crippen LogP) is 6.90. The molecule has 2 heterocycles. The number of aryl methyl sites for hydroxylation is 1. The maximum absolute atomic E-state index is 12.7. The molecule has 2 aromatic heterocycles. The van der Waals surface area contributed by atoms with Crippen LogP contribution in [0.25, 0.3) is 39.4 Å². The fraction of sp³-hybridized carbons (Fsp3) is 0.188. The summed E-state index contributed by atoms with van der Waals surface area (Å²) in [6.45, 7) is 5.19. The lowest BCUT2D eigenvalue weighted by molar-refractivity contribution is -0.274. The summed E-state index contributed by atoms with van der Waals surface area (Å²) >= 11 is 0. The Kier molecular flexibility index (Phi) is 7.54. The summed E-state index contributed by atoms with van der Waals surface area (Å²) in [7, 11) is 0. The summed E-state index contributed by atoms with van der Waals surface area (Å²) in [5.41, 5.74) is 9.82. The van der Waals surface area contributed by atoms with Gasteiger partial charge in [-0.3, -0.25) is 4.79 Å². The van der Waals surface area contributed by atoms with Crippen molar-refractivity contribution in [2.45, 2.75) is 39.0 Å². The number of nitrogens with two attached hydrogens (primary N) is 1. The highest BCUT2D eigenvalue weighted by atomic mass is 19.4. The first-order chi connectivity index (χ1) is 20.4. The van der Waals surface area contributed by atoms with Gasteiger partial charge in [-0.15, -0.1) is 13.2 Å². The molecule has 0 aliphatic carbocycles. The smallest absolute Gasteiger partial charge is 0.440 e. The lowest BCUT2D eigenvalue weighted by Gasteiger charge is -2.22. The van der Waals surface area contributed by atoms with Crippen molar-refractivity contribution >= 4 is 5.91 Å². The van der Waals surface area contributed by atoms with E-state index in [2.05, 4.69) is 20.9 Å². The fourth-order valence-corrected chi connectivity index (χ4v) is 4.62. The topological polar surface area (TPSA) is 120 Å². The van der Waals surface area contributed by atoms with Gasteiger partial charge in [-0.1, -0.05) is 30.3 Å². The van der Waals surface area contributed by atoms with Crippen LogP contribution in [-0.4, -0.2) is 27.0 Å². The van der Waals surface area contributed by atoms with Crippen LogP contribution in [0.1, 0.15) is 31.0 Å². The number of nitrogens with zero attached hydrogens (tertiary/aromatic N) is 4. The average molecular weight is 586 g/mol. The third-order valence-electron chi connectivity index (χ3n) is 7.02. The van der Waals surface area contributed by atoms with Gasteiger partial charge in [0.25, 0.3) is 0 Å². The molecule has 3 aromatic carbocycles. The van der Waals surface area contributed by atoms with Gasteiger partial charge in [0.05, 0.1) is 29.3 Å². The van der Waals surface area contributed by atoms with E-state index >= 15 is 0 Å². The van der Waals surface area contributed by atoms with Crippen molar-refractivity contribution in [2.24, 2.45) is 5.73 Å². The first-order valence-corrected chi connectivity index (χ1v) is 13.2. The minimum absolute atomic E-state index is 0.127. The number of amides is 1. The Bertz CT molecular complexity index is 1850. The van der Waals surface area contributed by atoms with Crippen LogP contribution in [0.2, 0.25) is 0 Å². The van der Waals surface area contributed by atoms with Gasteiger partial charge >= 0.3 is 6.36 Å². The molecule has 1 amide bonds. The van der Waals surface area contributed by atoms with E-state index in [1.807, 2.05) is 42.5 Å². The number of primary amides is 1. The number of carbonyl (C=O) groups is 1. The van der Waals surface area contributed by atoms with Crippen LogP contribution in [0, 0.1) is 18.3 Å². The Morgan fingerprint density at radius 1 is 1.02 bits per heavy atom. The molecule has 0 fully saturated rings. The third kappa shape index (κ3) is 6.13. The summed E-state index contributed by atoms with van der Waals surface area (Å²) in [6, 6.07) is 22.3. The SMILES string of the molecule is Cc1nc(-c2ccc(OC(F)(F)F)cc2)c(-c2cc(-c3cccc(C(C)(C)C(N)=O)c3)ccc2-n2ccc(CC#N)n2)o1. The molecule has 218 valence electrons. The molecule has 11 heteroatoms. The molecular weight excluding hydrogens is 559 g/mol. The number of ether oxygens (including phenoxy) is 1. The minimum atomic E-state index is -4.81. The van der Waals surface area contributed by atoms with Gasteiger partial charge in [0.2, 0.25) is 5.91 Å². The van der Waals surface area contributed by atoms with Crippen LogP contribution in [0.3, 0.4) is 0 Å². The first kappa shape index (κ1) is 29.1. The lowest BCUT2D eigenvalue weighted by Crippen LogP contribution is -2.35. The van der Waals surface area contributed by atoms with E-state index in [4.69, 9.17) is 15.4 Å². The molecule has 0 saturated carbocycles. The van der Waals surface area contributed by atoms with Crippen LogP contribution >= 0.6 is 0 Å². The van der Waals surface area contributed by atoms with Crippen molar-refractivity contribution in [3.05, 3.63) is 96.1 Å². The van der Waals surface area contributed by atoms with Gasteiger partial charge in [0, 0.05) is 24.2 Å². The van der Waals surface area contributed by atoms with Crippen LogP contribution in [-0.2, 0) is 16.6 Å². The Labute approximate surface area is 245 Å². The monoisotopic (exact) mass is 585 g/mol. The Morgan fingerprint density at radius 2 is 1.72 bits per heavy atom. The van der Waals surface area contributed by atoms with Crippen molar-refractivity contribution in [1.29, 1.82) is 5.26 Å². The number of halogens is 3. The number of aromatic nitrogens is 3. The largest absolute Gasteiger partial charge is 0.573 e. The summed E-state index contributed by atoms with van der Waals surface area (Å²) in [5.74, 6) is -0.111. The number of hydrogen-bond donors (Lipinski definition) is 1. The fourth-order valence-electron chi connectivity index (χ4n) is 4.62. The van der Waals surface area contributed by atoms with Gasteiger partial charge in [0.1, 0.15) is 11.4 Å². The zero-order valence-electron chi connectivity index (χ0n) is 23.4. The zero-order chi connectivity index (χ0) is 30.9. The number of oxazole rings is 1. The molecule has 5 rings (SSSR count). The molecule has 8 nitrogen and oxygen atoms in total. The van der Waals surface area contributed by atoms with Crippen molar-refractivity contribution in [2.75, 3.05) is 0 Å². The number of alkyl halides is 3. The molecular formula is C32H26F3N5O3. The van der Waals surface area contributed by atoms with E-state index in [0.29, 0.717) is 39.9 Å². The number of carbonyl (C=O) groups excluding carboxylic acids is 1. The van der Waals surface area contributed by atoms with Gasteiger partial charge in [-0.05, 0) is 73.0 Å². The second-order valence-corrected chi connectivity index (χ2v) is 10.4. The number of benzene rings is 3. The molecule has 0 bridgehead atoms. The van der Waals surface area contributed by atoms with Gasteiger partial charge in [-0.2, -0.15) is 10.4 Å². The maximum Gasteiger partial charge on any atom is 0.573 e. The van der Waals surface area contributed by atoms with E-state index in [0.717, 1.165) is 16.7 Å². The lowest BCUT2D eigenvalue weighted by atomic mass is 9.82. The summed E-state index contributed by atoms with van der Waals surface area (Å²) < 4.78 is 49.9. The molecule has 0 aliphatic heterocycles. The normalized spacial score (nSPS) is 11.7. The third-order valence-corrected chi connectivity index (χ3v) is 7.02. The van der Waals surface area contributed by atoms with Crippen LogP contribution < -0.4 is 10.5 Å².